The van der Waals surface area contributed by atoms with Crippen molar-refractivity contribution < 1.29 is 9.53 Å². The van der Waals surface area contributed by atoms with Crippen molar-refractivity contribution in [2.24, 2.45) is 0 Å². The minimum atomic E-state index is -0.209. The van der Waals surface area contributed by atoms with E-state index in [1.807, 2.05) is 43.3 Å². The summed E-state index contributed by atoms with van der Waals surface area (Å²) in [5.74, 6) is -0.129. The van der Waals surface area contributed by atoms with Crippen LogP contribution in [0.5, 0.6) is 0 Å². The monoisotopic (exact) mass is 348 g/mol. The lowest BCUT2D eigenvalue weighted by molar-refractivity contribution is -0.130. The second-order valence-electron chi connectivity index (χ2n) is 5.53. The number of amides is 1. The number of carbonyl (C=O) groups is 1. The van der Waals surface area contributed by atoms with Crippen LogP contribution in [0.3, 0.4) is 0 Å². The van der Waals surface area contributed by atoms with Gasteiger partial charge in [-0.1, -0.05) is 40.2 Å². The SMILES string of the molecule is CC1(OCC(=O)Nc2ccc(Br)c3ccccc23)CNC1. The molecule has 5 heteroatoms. The molecule has 0 saturated carbocycles. The average Bonchev–Trinajstić information content (AvgIpc) is 2.46. The number of anilines is 1. The second-order valence-corrected chi connectivity index (χ2v) is 6.39. The molecule has 1 aliphatic heterocycles. The lowest BCUT2D eigenvalue weighted by atomic mass is 10.0. The number of rotatable bonds is 4. The average molecular weight is 349 g/mol. The van der Waals surface area contributed by atoms with Gasteiger partial charge < -0.3 is 15.4 Å². The van der Waals surface area contributed by atoms with Crippen LogP contribution in [0.15, 0.2) is 40.9 Å². The van der Waals surface area contributed by atoms with Gasteiger partial charge in [0.25, 0.3) is 0 Å². The van der Waals surface area contributed by atoms with Crippen LogP contribution in [0.25, 0.3) is 10.8 Å². The molecule has 1 heterocycles. The molecule has 1 saturated heterocycles. The first-order chi connectivity index (χ1) is 10.1. The topological polar surface area (TPSA) is 50.4 Å². The van der Waals surface area contributed by atoms with Crippen LogP contribution in [-0.2, 0) is 9.53 Å². The Kier molecular flexibility index (Phi) is 3.97. The van der Waals surface area contributed by atoms with Crippen molar-refractivity contribution in [3.63, 3.8) is 0 Å². The van der Waals surface area contributed by atoms with Crippen LogP contribution in [0.4, 0.5) is 5.69 Å². The standard InChI is InChI=1S/C16H17BrN2O2/c1-16(9-18-10-16)21-8-15(20)19-14-7-6-13(17)11-4-2-3-5-12(11)14/h2-7,18H,8-10H2,1H3,(H,19,20). The molecule has 2 aromatic rings. The normalized spacial score (nSPS) is 16.5. The summed E-state index contributed by atoms with van der Waals surface area (Å²) in [5, 5.41) is 8.16. The minimum absolute atomic E-state index is 0.0720. The molecule has 0 unspecified atom stereocenters. The minimum Gasteiger partial charge on any atom is -0.363 e. The molecule has 0 aliphatic carbocycles. The Balaban J connectivity index is 1.72. The van der Waals surface area contributed by atoms with E-state index in [1.165, 1.54) is 0 Å². The third-order valence-electron chi connectivity index (χ3n) is 3.69. The van der Waals surface area contributed by atoms with E-state index < -0.39 is 0 Å². The van der Waals surface area contributed by atoms with E-state index in [4.69, 9.17) is 4.74 Å². The maximum atomic E-state index is 12.1. The molecule has 2 aromatic carbocycles. The Morgan fingerprint density at radius 3 is 2.67 bits per heavy atom. The first-order valence-corrected chi connectivity index (χ1v) is 7.68. The van der Waals surface area contributed by atoms with Gasteiger partial charge in [-0.15, -0.1) is 0 Å². The van der Waals surface area contributed by atoms with Gasteiger partial charge in [-0.25, -0.2) is 0 Å². The van der Waals surface area contributed by atoms with Crippen LogP contribution < -0.4 is 10.6 Å². The molecule has 0 aromatic heterocycles. The lowest BCUT2D eigenvalue weighted by Crippen LogP contribution is -2.59. The lowest BCUT2D eigenvalue weighted by Gasteiger charge is -2.38. The highest BCUT2D eigenvalue weighted by atomic mass is 79.9. The van der Waals surface area contributed by atoms with Gasteiger partial charge in [-0.05, 0) is 24.4 Å². The Morgan fingerprint density at radius 2 is 2.00 bits per heavy atom. The summed E-state index contributed by atoms with van der Waals surface area (Å²) < 4.78 is 6.67. The Hall–Kier alpha value is -1.43. The third-order valence-corrected chi connectivity index (χ3v) is 4.39. The summed E-state index contributed by atoms with van der Waals surface area (Å²) in [7, 11) is 0. The van der Waals surface area contributed by atoms with Crippen LogP contribution in [-0.4, -0.2) is 31.2 Å². The zero-order valence-electron chi connectivity index (χ0n) is 11.8. The molecule has 0 radical (unpaired) electrons. The highest BCUT2D eigenvalue weighted by Gasteiger charge is 2.33. The predicted octanol–water partition coefficient (Wildman–Crippen LogP) is 2.92. The van der Waals surface area contributed by atoms with Crippen LogP contribution in [0.2, 0.25) is 0 Å². The Morgan fingerprint density at radius 1 is 1.29 bits per heavy atom. The van der Waals surface area contributed by atoms with E-state index >= 15 is 0 Å². The molecule has 0 bridgehead atoms. The maximum Gasteiger partial charge on any atom is 0.250 e. The quantitative estimate of drug-likeness (QED) is 0.893. The van der Waals surface area contributed by atoms with E-state index in [0.717, 1.165) is 34.0 Å². The molecule has 0 atom stereocenters. The fraction of sp³-hybridized carbons (Fsp3) is 0.312. The van der Waals surface area contributed by atoms with E-state index in [-0.39, 0.29) is 18.1 Å². The number of benzene rings is 2. The number of hydrogen-bond acceptors (Lipinski definition) is 3. The number of fused-ring (bicyclic) bond motifs is 1. The van der Waals surface area contributed by atoms with Crippen LogP contribution in [0.1, 0.15) is 6.92 Å². The Bertz CT molecular complexity index is 683. The van der Waals surface area contributed by atoms with Gasteiger partial charge in [-0.2, -0.15) is 0 Å². The summed E-state index contributed by atoms with van der Waals surface area (Å²) in [6.07, 6.45) is 0. The molecule has 2 N–H and O–H groups in total. The molecular weight excluding hydrogens is 332 g/mol. The van der Waals surface area contributed by atoms with Gasteiger partial charge in [0.1, 0.15) is 6.61 Å². The largest absolute Gasteiger partial charge is 0.363 e. The van der Waals surface area contributed by atoms with E-state index in [9.17, 15) is 4.79 Å². The summed E-state index contributed by atoms with van der Waals surface area (Å²) in [5.41, 5.74) is 0.596. The zero-order valence-corrected chi connectivity index (χ0v) is 13.4. The molecule has 1 fully saturated rings. The number of carbonyl (C=O) groups excluding carboxylic acids is 1. The molecular formula is C16H17BrN2O2. The highest BCUT2D eigenvalue weighted by Crippen LogP contribution is 2.29. The van der Waals surface area contributed by atoms with Gasteiger partial charge in [-0.3, -0.25) is 4.79 Å². The predicted molar refractivity (Wildman–Crippen MR) is 87.5 cm³/mol. The number of hydrogen-bond donors (Lipinski definition) is 2. The van der Waals surface area contributed by atoms with Crippen LogP contribution >= 0.6 is 15.9 Å². The van der Waals surface area contributed by atoms with Crippen molar-refractivity contribution in [2.75, 3.05) is 25.0 Å². The van der Waals surface area contributed by atoms with E-state index in [2.05, 4.69) is 26.6 Å². The molecule has 0 spiro atoms. The number of nitrogens with one attached hydrogen (secondary N) is 2. The smallest absolute Gasteiger partial charge is 0.250 e. The van der Waals surface area contributed by atoms with E-state index in [1.54, 1.807) is 0 Å². The molecule has 3 rings (SSSR count). The van der Waals surface area contributed by atoms with Crippen molar-refractivity contribution in [3.05, 3.63) is 40.9 Å². The number of halogens is 1. The maximum absolute atomic E-state index is 12.1. The van der Waals surface area contributed by atoms with Gasteiger partial charge in [0.2, 0.25) is 5.91 Å². The van der Waals surface area contributed by atoms with E-state index in [0.29, 0.717) is 0 Å². The molecule has 4 nitrogen and oxygen atoms in total. The highest BCUT2D eigenvalue weighted by molar-refractivity contribution is 9.10. The van der Waals surface area contributed by atoms with Gasteiger partial charge in [0.05, 0.1) is 5.60 Å². The van der Waals surface area contributed by atoms with Gasteiger partial charge in [0.15, 0.2) is 0 Å². The fourth-order valence-corrected chi connectivity index (χ4v) is 2.85. The summed E-state index contributed by atoms with van der Waals surface area (Å²) in [4.78, 5) is 12.1. The summed E-state index contributed by atoms with van der Waals surface area (Å²) >= 11 is 3.53. The van der Waals surface area contributed by atoms with Crippen molar-refractivity contribution in [1.82, 2.24) is 5.32 Å². The van der Waals surface area contributed by atoms with Crippen molar-refractivity contribution in [3.8, 4) is 0 Å². The summed E-state index contributed by atoms with van der Waals surface area (Å²) in [6.45, 7) is 3.66. The first kappa shape index (κ1) is 14.5. The van der Waals surface area contributed by atoms with Gasteiger partial charge in [0, 0.05) is 28.6 Å². The Labute approximate surface area is 132 Å². The van der Waals surface area contributed by atoms with Crippen molar-refractivity contribution in [2.45, 2.75) is 12.5 Å². The zero-order chi connectivity index (χ0) is 14.9. The van der Waals surface area contributed by atoms with Crippen LogP contribution in [0, 0.1) is 0 Å². The summed E-state index contributed by atoms with van der Waals surface area (Å²) in [6, 6.07) is 11.8. The molecule has 1 aliphatic rings. The van der Waals surface area contributed by atoms with Crippen molar-refractivity contribution >= 4 is 38.3 Å². The number of ether oxygens (including phenoxy) is 1. The second kappa shape index (κ2) is 5.75. The van der Waals surface area contributed by atoms with Gasteiger partial charge >= 0.3 is 0 Å². The molecule has 21 heavy (non-hydrogen) atoms. The molecule has 1 amide bonds. The molecule has 110 valence electrons. The van der Waals surface area contributed by atoms with Crippen molar-refractivity contribution in [1.29, 1.82) is 0 Å². The first-order valence-electron chi connectivity index (χ1n) is 6.89. The fourth-order valence-electron chi connectivity index (χ4n) is 2.38. The third kappa shape index (κ3) is 3.10.